The number of ether oxygens (including phenoxy) is 2. The molecule has 2 aromatic carbocycles. The Kier molecular flexibility index (Phi) is 6.13. The molecule has 0 unspecified atom stereocenters. The van der Waals surface area contributed by atoms with Gasteiger partial charge in [0.25, 0.3) is 5.91 Å². The molecule has 0 radical (unpaired) electrons. The van der Waals surface area contributed by atoms with Crippen LogP contribution >= 0.6 is 11.6 Å². The average molecular weight is 496 g/mol. The van der Waals surface area contributed by atoms with Gasteiger partial charge in [-0.3, -0.25) is 9.59 Å². The zero-order valence-electron chi connectivity index (χ0n) is 17.9. The van der Waals surface area contributed by atoms with E-state index in [2.05, 4.69) is 5.32 Å². The maximum absolute atomic E-state index is 13.4. The van der Waals surface area contributed by atoms with Gasteiger partial charge in [0.05, 0.1) is 9.92 Å². The van der Waals surface area contributed by atoms with Gasteiger partial charge in [-0.15, -0.1) is 0 Å². The smallest absolute Gasteiger partial charge is 0.258 e. The fraction of sp³-hybridized carbons (Fsp3) is 0.391. The third kappa shape index (κ3) is 5.30. The van der Waals surface area contributed by atoms with E-state index < -0.39 is 15.7 Å². The van der Waals surface area contributed by atoms with E-state index in [-0.39, 0.29) is 51.5 Å². The van der Waals surface area contributed by atoms with Crippen LogP contribution in [-0.4, -0.2) is 45.1 Å². The molecule has 0 aromatic heterocycles. The number of nitrogens with one attached hydrogen (secondary N) is 1. The quantitative estimate of drug-likeness (QED) is 0.543. The highest BCUT2D eigenvalue weighted by molar-refractivity contribution is 7.90. The highest BCUT2D eigenvalue weighted by Crippen LogP contribution is 2.68. The van der Waals surface area contributed by atoms with E-state index in [1.165, 1.54) is 36.4 Å². The van der Waals surface area contributed by atoms with Crippen molar-refractivity contribution in [2.75, 3.05) is 19.5 Å². The molecule has 3 fully saturated rings. The molecule has 176 valence electrons. The summed E-state index contributed by atoms with van der Waals surface area (Å²) < 4.78 is 47.2. The Hall–Kier alpha value is -2.65. The third-order valence-electron chi connectivity index (χ3n) is 6.03. The summed E-state index contributed by atoms with van der Waals surface area (Å²) in [4.78, 5) is 24.7. The molecule has 0 heterocycles. The van der Waals surface area contributed by atoms with E-state index >= 15 is 0 Å². The minimum absolute atomic E-state index is 0.0178. The van der Waals surface area contributed by atoms with Gasteiger partial charge < -0.3 is 14.8 Å². The maximum Gasteiger partial charge on any atom is 0.258 e. The lowest BCUT2D eigenvalue weighted by molar-refractivity contribution is -0.173. The SMILES string of the molecule is CS(=O)(=O)c1ccc(OCC(=O)CC23CC(NC(=O)COc4ccc(Cl)c(F)c4)(C2)C3)cc1. The van der Waals surface area contributed by atoms with Gasteiger partial charge in [-0.25, -0.2) is 12.8 Å². The second kappa shape index (κ2) is 8.61. The second-order valence-electron chi connectivity index (χ2n) is 8.97. The molecule has 3 saturated carbocycles. The molecule has 2 bridgehead atoms. The predicted molar refractivity (Wildman–Crippen MR) is 119 cm³/mol. The Morgan fingerprint density at radius 2 is 1.64 bits per heavy atom. The van der Waals surface area contributed by atoms with Gasteiger partial charge in [0.15, 0.2) is 22.2 Å². The van der Waals surface area contributed by atoms with Crippen LogP contribution in [0.15, 0.2) is 47.4 Å². The lowest BCUT2D eigenvalue weighted by Gasteiger charge is -2.70. The third-order valence-corrected chi connectivity index (χ3v) is 7.46. The first-order valence-electron chi connectivity index (χ1n) is 10.3. The Labute approximate surface area is 196 Å². The number of rotatable bonds is 10. The number of hydrogen-bond donors (Lipinski definition) is 1. The molecule has 33 heavy (non-hydrogen) atoms. The van der Waals surface area contributed by atoms with E-state index in [0.29, 0.717) is 12.2 Å². The highest BCUT2D eigenvalue weighted by Gasteiger charge is 2.68. The molecule has 5 rings (SSSR count). The van der Waals surface area contributed by atoms with Crippen molar-refractivity contribution in [1.29, 1.82) is 0 Å². The molecule has 0 atom stereocenters. The van der Waals surface area contributed by atoms with Crippen LogP contribution in [0.5, 0.6) is 11.5 Å². The normalized spacial score (nSPS) is 23.1. The number of sulfone groups is 1. The number of ketones is 1. The molecular formula is C23H23ClFNO6S. The molecular weight excluding hydrogens is 473 g/mol. The lowest BCUT2D eigenvalue weighted by atomic mass is 9.38. The van der Waals surface area contributed by atoms with Gasteiger partial charge in [-0.1, -0.05) is 11.6 Å². The Morgan fingerprint density at radius 3 is 2.24 bits per heavy atom. The molecule has 3 aliphatic rings. The summed E-state index contributed by atoms with van der Waals surface area (Å²) in [6.45, 7) is -0.328. The minimum atomic E-state index is -3.28. The molecule has 0 aliphatic heterocycles. The Balaban J connectivity index is 1.17. The van der Waals surface area contributed by atoms with Crippen LogP contribution in [0.4, 0.5) is 4.39 Å². The van der Waals surface area contributed by atoms with Crippen LogP contribution in [0.1, 0.15) is 25.7 Å². The fourth-order valence-electron chi connectivity index (χ4n) is 4.78. The maximum atomic E-state index is 13.4. The van der Waals surface area contributed by atoms with Crippen molar-refractivity contribution in [2.45, 2.75) is 36.1 Å². The number of carbonyl (C=O) groups is 2. The molecule has 3 aliphatic carbocycles. The number of benzene rings is 2. The molecule has 2 aromatic rings. The zero-order valence-corrected chi connectivity index (χ0v) is 19.5. The van der Waals surface area contributed by atoms with Gasteiger partial charge in [-0.05, 0) is 61.1 Å². The number of amides is 1. The first-order valence-corrected chi connectivity index (χ1v) is 12.6. The number of halogens is 2. The van der Waals surface area contributed by atoms with Crippen LogP contribution in [-0.2, 0) is 19.4 Å². The summed E-state index contributed by atoms with van der Waals surface area (Å²) in [7, 11) is -3.28. The van der Waals surface area contributed by atoms with Gasteiger partial charge in [0.2, 0.25) is 0 Å². The average Bonchev–Trinajstić information content (AvgIpc) is 2.70. The molecule has 0 saturated heterocycles. The van der Waals surface area contributed by atoms with E-state index in [0.717, 1.165) is 31.6 Å². The van der Waals surface area contributed by atoms with Crippen LogP contribution in [0.3, 0.4) is 0 Å². The van der Waals surface area contributed by atoms with Crippen LogP contribution < -0.4 is 14.8 Å². The van der Waals surface area contributed by atoms with Crippen LogP contribution in [0.25, 0.3) is 0 Å². The highest BCUT2D eigenvalue weighted by atomic mass is 35.5. The molecule has 10 heteroatoms. The van der Waals surface area contributed by atoms with E-state index in [1.807, 2.05) is 0 Å². The first kappa shape index (κ1) is 23.5. The van der Waals surface area contributed by atoms with Crippen LogP contribution in [0.2, 0.25) is 5.02 Å². The van der Waals surface area contributed by atoms with Gasteiger partial charge in [-0.2, -0.15) is 0 Å². The largest absolute Gasteiger partial charge is 0.486 e. The van der Waals surface area contributed by atoms with Crippen molar-refractivity contribution >= 4 is 33.1 Å². The molecule has 1 amide bonds. The van der Waals surface area contributed by atoms with Crippen molar-refractivity contribution in [3.8, 4) is 11.5 Å². The predicted octanol–water partition coefficient (Wildman–Crippen LogP) is 3.34. The van der Waals surface area contributed by atoms with E-state index in [1.54, 1.807) is 0 Å². The van der Waals surface area contributed by atoms with Gasteiger partial charge in [0, 0.05) is 24.3 Å². The summed E-state index contributed by atoms with van der Waals surface area (Å²) >= 11 is 5.62. The van der Waals surface area contributed by atoms with E-state index in [9.17, 15) is 22.4 Å². The lowest BCUT2D eigenvalue weighted by Crippen LogP contribution is -2.75. The van der Waals surface area contributed by atoms with Crippen LogP contribution in [0, 0.1) is 11.2 Å². The van der Waals surface area contributed by atoms with Crippen molar-refractivity contribution < 1.29 is 31.9 Å². The summed E-state index contributed by atoms with van der Waals surface area (Å²) in [5, 5.41) is 2.94. The minimum Gasteiger partial charge on any atom is -0.486 e. The van der Waals surface area contributed by atoms with Crippen molar-refractivity contribution in [1.82, 2.24) is 5.32 Å². The van der Waals surface area contributed by atoms with E-state index in [4.69, 9.17) is 21.1 Å². The summed E-state index contributed by atoms with van der Waals surface area (Å²) in [6.07, 6.45) is 3.65. The van der Waals surface area contributed by atoms with Crippen molar-refractivity contribution in [3.05, 3.63) is 53.3 Å². The van der Waals surface area contributed by atoms with Gasteiger partial charge >= 0.3 is 0 Å². The zero-order chi connectivity index (χ0) is 23.9. The summed E-state index contributed by atoms with van der Waals surface area (Å²) in [6, 6.07) is 9.90. The van der Waals surface area contributed by atoms with Crippen molar-refractivity contribution in [2.24, 2.45) is 5.41 Å². The Morgan fingerprint density at radius 1 is 1.03 bits per heavy atom. The second-order valence-corrected chi connectivity index (χ2v) is 11.4. The number of Topliss-reactive ketones (excluding diaryl/α,β-unsaturated/α-hetero) is 1. The number of hydrogen-bond acceptors (Lipinski definition) is 6. The molecule has 1 N–H and O–H groups in total. The molecule has 0 spiro atoms. The Bertz CT molecular complexity index is 1180. The standard InChI is InChI=1S/C23H23ClFNO6S/c1-33(29,30)18-5-2-16(3-6-18)31-10-15(27)9-22-12-23(13-22,14-22)26-21(28)11-32-17-4-7-19(24)20(25)8-17/h2-8H,9-14H2,1H3,(H,26,28). The topological polar surface area (TPSA) is 98.8 Å². The fourth-order valence-corrected chi connectivity index (χ4v) is 5.53. The summed E-state index contributed by atoms with van der Waals surface area (Å²) in [5.74, 6) is -0.313. The summed E-state index contributed by atoms with van der Waals surface area (Å²) in [5.41, 5.74) is -0.400. The monoisotopic (exact) mass is 495 g/mol. The van der Waals surface area contributed by atoms with Gasteiger partial charge in [0.1, 0.15) is 23.9 Å². The molecule has 7 nitrogen and oxygen atoms in total. The number of carbonyl (C=O) groups excluding carboxylic acids is 2. The van der Waals surface area contributed by atoms with Crippen molar-refractivity contribution in [3.63, 3.8) is 0 Å². The first-order chi connectivity index (χ1) is 15.5.